The molecule has 0 heterocycles. The number of rotatable bonds is 3. The van der Waals surface area contributed by atoms with Crippen molar-refractivity contribution >= 4 is 22.2 Å². The summed E-state index contributed by atoms with van der Waals surface area (Å²) in [6.07, 6.45) is 3.18. The number of carbonyl (C=O) groups excluding carboxylic acids is 1. The number of halogens is 1. The normalized spacial score (nSPS) is 30.0. The summed E-state index contributed by atoms with van der Waals surface area (Å²) in [6.45, 7) is 2.16. The summed E-state index contributed by atoms with van der Waals surface area (Å²) >= 11 is 3.42. The minimum atomic E-state index is 0.155. The van der Waals surface area contributed by atoms with Gasteiger partial charge in [-0.25, -0.2) is 0 Å². The quantitative estimate of drug-likeness (QED) is 0.755. The minimum absolute atomic E-state index is 0.155. The lowest BCUT2D eigenvalue weighted by molar-refractivity contribution is -0.109. The van der Waals surface area contributed by atoms with E-state index in [4.69, 9.17) is 0 Å². The monoisotopic (exact) mass is 252 g/mol. The highest BCUT2D eigenvalue weighted by molar-refractivity contribution is 9.10. The Kier molecular flexibility index (Phi) is 2.48. The summed E-state index contributed by atoms with van der Waals surface area (Å²) in [5, 5.41) is 0. The van der Waals surface area contributed by atoms with E-state index in [1.165, 1.54) is 5.56 Å². The zero-order valence-corrected chi connectivity index (χ0v) is 9.75. The fraction of sp³-hybridized carbons (Fsp3) is 0.417. The van der Waals surface area contributed by atoms with E-state index in [0.29, 0.717) is 0 Å². The van der Waals surface area contributed by atoms with Crippen LogP contribution in [0.4, 0.5) is 0 Å². The standard InChI is InChI=1S/C12H13BrO/c1-2-12(7-10(12)8-14)9-3-5-11(13)6-4-9/h3-6,8,10H,2,7H2,1H3. The summed E-state index contributed by atoms with van der Waals surface area (Å²) in [5.74, 6) is 0.244. The first-order valence-corrected chi connectivity index (χ1v) is 5.73. The van der Waals surface area contributed by atoms with Crippen molar-refractivity contribution < 1.29 is 4.79 Å². The maximum absolute atomic E-state index is 10.8. The Morgan fingerprint density at radius 3 is 2.57 bits per heavy atom. The maximum atomic E-state index is 10.8. The first kappa shape index (κ1) is 9.91. The third-order valence-electron chi connectivity index (χ3n) is 3.35. The van der Waals surface area contributed by atoms with E-state index in [-0.39, 0.29) is 11.3 Å². The van der Waals surface area contributed by atoms with Crippen molar-refractivity contribution in [2.75, 3.05) is 0 Å². The molecule has 1 aliphatic rings. The molecule has 1 fully saturated rings. The van der Waals surface area contributed by atoms with Gasteiger partial charge in [0, 0.05) is 15.8 Å². The van der Waals surface area contributed by atoms with Crippen molar-refractivity contribution in [3.05, 3.63) is 34.3 Å². The minimum Gasteiger partial charge on any atom is -0.303 e. The van der Waals surface area contributed by atoms with Crippen molar-refractivity contribution in [1.29, 1.82) is 0 Å². The van der Waals surface area contributed by atoms with Crippen LogP contribution in [0.1, 0.15) is 25.3 Å². The van der Waals surface area contributed by atoms with Gasteiger partial charge in [-0.05, 0) is 30.5 Å². The van der Waals surface area contributed by atoms with E-state index in [9.17, 15) is 4.79 Å². The molecule has 0 radical (unpaired) electrons. The molecule has 1 saturated carbocycles. The molecule has 14 heavy (non-hydrogen) atoms. The largest absolute Gasteiger partial charge is 0.303 e. The zero-order valence-electron chi connectivity index (χ0n) is 8.16. The lowest BCUT2D eigenvalue weighted by Gasteiger charge is -2.13. The third-order valence-corrected chi connectivity index (χ3v) is 3.88. The third kappa shape index (κ3) is 1.42. The van der Waals surface area contributed by atoms with Crippen molar-refractivity contribution in [3.8, 4) is 0 Å². The molecule has 74 valence electrons. The van der Waals surface area contributed by atoms with Crippen LogP contribution in [0.25, 0.3) is 0 Å². The molecular weight excluding hydrogens is 240 g/mol. The van der Waals surface area contributed by atoms with Crippen LogP contribution in [-0.2, 0) is 10.2 Å². The predicted molar refractivity (Wildman–Crippen MR) is 60.3 cm³/mol. The van der Waals surface area contributed by atoms with Gasteiger partial charge in [0.15, 0.2) is 0 Å². The molecule has 2 rings (SSSR count). The number of hydrogen-bond donors (Lipinski definition) is 0. The molecule has 0 saturated heterocycles. The molecule has 0 N–H and O–H groups in total. The number of aldehydes is 1. The number of hydrogen-bond acceptors (Lipinski definition) is 1. The molecule has 2 unspecified atom stereocenters. The molecule has 1 aromatic carbocycles. The molecule has 1 aromatic rings. The zero-order chi connectivity index (χ0) is 10.2. The van der Waals surface area contributed by atoms with Gasteiger partial charge in [-0.2, -0.15) is 0 Å². The van der Waals surface area contributed by atoms with E-state index in [1.54, 1.807) is 0 Å². The number of carbonyl (C=O) groups is 1. The summed E-state index contributed by atoms with van der Waals surface area (Å²) in [7, 11) is 0. The van der Waals surface area contributed by atoms with Crippen LogP contribution in [0, 0.1) is 5.92 Å². The van der Waals surface area contributed by atoms with Gasteiger partial charge < -0.3 is 4.79 Å². The van der Waals surface area contributed by atoms with Gasteiger partial charge in [0.05, 0.1) is 0 Å². The van der Waals surface area contributed by atoms with Crippen molar-refractivity contribution in [1.82, 2.24) is 0 Å². The van der Waals surface area contributed by atoms with Gasteiger partial charge in [0.2, 0.25) is 0 Å². The van der Waals surface area contributed by atoms with E-state index in [1.807, 2.05) is 12.1 Å². The fourth-order valence-electron chi connectivity index (χ4n) is 2.24. The van der Waals surface area contributed by atoms with Crippen LogP contribution < -0.4 is 0 Å². The highest BCUT2D eigenvalue weighted by Crippen LogP contribution is 2.55. The van der Waals surface area contributed by atoms with Crippen LogP contribution in [0.15, 0.2) is 28.7 Å². The van der Waals surface area contributed by atoms with Gasteiger partial charge in [0.1, 0.15) is 6.29 Å². The second-order valence-corrected chi connectivity index (χ2v) is 4.88. The highest BCUT2D eigenvalue weighted by atomic mass is 79.9. The van der Waals surface area contributed by atoms with Crippen LogP contribution >= 0.6 is 15.9 Å². The first-order valence-electron chi connectivity index (χ1n) is 4.94. The molecule has 2 atom stereocenters. The van der Waals surface area contributed by atoms with Crippen molar-refractivity contribution in [2.45, 2.75) is 25.2 Å². The van der Waals surface area contributed by atoms with Crippen LogP contribution in [-0.4, -0.2) is 6.29 Å². The van der Waals surface area contributed by atoms with Crippen molar-refractivity contribution in [3.63, 3.8) is 0 Å². The first-order chi connectivity index (χ1) is 6.73. The lowest BCUT2D eigenvalue weighted by atomic mass is 9.91. The van der Waals surface area contributed by atoms with Crippen LogP contribution in [0.2, 0.25) is 0 Å². The summed E-state index contributed by atoms with van der Waals surface area (Å²) < 4.78 is 1.09. The van der Waals surface area contributed by atoms with Gasteiger partial charge in [0.25, 0.3) is 0 Å². The molecule has 0 aliphatic heterocycles. The predicted octanol–water partition coefficient (Wildman–Crippen LogP) is 3.32. The van der Waals surface area contributed by atoms with Gasteiger partial charge in [-0.3, -0.25) is 0 Å². The van der Waals surface area contributed by atoms with E-state index in [2.05, 4.69) is 35.0 Å². The highest BCUT2D eigenvalue weighted by Gasteiger charge is 2.53. The Hall–Kier alpha value is -0.630. The molecule has 2 heteroatoms. The fourth-order valence-corrected chi connectivity index (χ4v) is 2.50. The average molecular weight is 253 g/mol. The Balaban J connectivity index is 2.30. The average Bonchev–Trinajstić information content (AvgIpc) is 2.94. The Morgan fingerprint density at radius 2 is 2.14 bits per heavy atom. The molecule has 1 nitrogen and oxygen atoms in total. The van der Waals surface area contributed by atoms with Gasteiger partial charge in [-0.15, -0.1) is 0 Å². The molecule has 0 bridgehead atoms. The van der Waals surface area contributed by atoms with Crippen LogP contribution in [0.5, 0.6) is 0 Å². The Labute approximate surface area is 92.6 Å². The van der Waals surface area contributed by atoms with Gasteiger partial charge in [-0.1, -0.05) is 35.0 Å². The topological polar surface area (TPSA) is 17.1 Å². The van der Waals surface area contributed by atoms with E-state index < -0.39 is 0 Å². The summed E-state index contributed by atoms with van der Waals surface area (Å²) in [4.78, 5) is 10.8. The maximum Gasteiger partial charge on any atom is 0.123 e. The number of benzene rings is 1. The smallest absolute Gasteiger partial charge is 0.123 e. The SMILES string of the molecule is CCC1(c2ccc(Br)cc2)CC1C=O. The summed E-state index contributed by atoms with van der Waals surface area (Å²) in [6, 6.07) is 8.34. The Bertz CT molecular complexity index is 344. The molecular formula is C12H13BrO. The van der Waals surface area contributed by atoms with E-state index in [0.717, 1.165) is 23.6 Å². The second-order valence-electron chi connectivity index (χ2n) is 3.96. The molecule has 0 aromatic heterocycles. The second kappa shape index (κ2) is 3.50. The molecule has 0 amide bonds. The lowest BCUT2D eigenvalue weighted by Crippen LogP contribution is -2.08. The Morgan fingerprint density at radius 1 is 1.50 bits per heavy atom. The summed E-state index contributed by atoms with van der Waals surface area (Å²) in [5.41, 5.74) is 1.46. The van der Waals surface area contributed by atoms with Crippen molar-refractivity contribution in [2.24, 2.45) is 5.92 Å². The van der Waals surface area contributed by atoms with Gasteiger partial charge >= 0.3 is 0 Å². The van der Waals surface area contributed by atoms with Crippen LogP contribution in [0.3, 0.4) is 0 Å². The molecule has 0 spiro atoms. The molecule has 1 aliphatic carbocycles. The van der Waals surface area contributed by atoms with E-state index >= 15 is 0 Å².